The van der Waals surface area contributed by atoms with E-state index in [1.165, 1.54) is 4.90 Å². The van der Waals surface area contributed by atoms with Gasteiger partial charge < -0.3 is 24.4 Å². The molecule has 2 unspecified atom stereocenters. The number of carbonyl (C=O) groups excluding carboxylic acids is 3. The summed E-state index contributed by atoms with van der Waals surface area (Å²) < 4.78 is 12.1. The Morgan fingerprint density at radius 1 is 1.30 bits per heavy atom. The number of ether oxygens (including phenoxy) is 2. The van der Waals surface area contributed by atoms with E-state index in [2.05, 4.69) is 13.2 Å². The third kappa shape index (κ3) is 4.01. The van der Waals surface area contributed by atoms with Crippen molar-refractivity contribution in [3.8, 4) is 0 Å². The molecule has 8 heteroatoms. The standard InChI is InChI=1S/C25H38N2O6/c1-7-9-10-14-32-23(31)19-18-21(29)27(17(5)15-28)20(22(30)26(13-8-2)16(3)4)25(18)12-11-24(19,6)33-25/h7-8,16-20,28H,1-2,9-15H2,3-6H3/t17-,18+,19+,20?,24-,25?/m1/s1. The lowest BCUT2D eigenvalue weighted by molar-refractivity contribution is -0.162. The zero-order chi connectivity index (χ0) is 24.6. The number of rotatable bonds is 11. The first kappa shape index (κ1) is 25.4. The van der Waals surface area contributed by atoms with Gasteiger partial charge in [0.25, 0.3) is 0 Å². The third-order valence-electron chi connectivity index (χ3n) is 7.47. The Kier molecular flexibility index (Phi) is 7.39. The van der Waals surface area contributed by atoms with Crippen LogP contribution in [-0.4, -0.2) is 81.8 Å². The zero-order valence-corrected chi connectivity index (χ0v) is 20.3. The first-order chi connectivity index (χ1) is 15.6. The molecule has 33 heavy (non-hydrogen) atoms. The number of likely N-dealkylation sites (tertiary alicyclic amines) is 1. The maximum Gasteiger partial charge on any atom is 0.312 e. The molecule has 3 aliphatic rings. The molecule has 3 aliphatic heterocycles. The van der Waals surface area contributed by atoms with Crippen molar-refractivity contribution in [1.29, 1.82) is 0 Å². The topological polar surface area (TPSA) is 96.4 Å². The molecule has 0 saturated carbocycles. The van der Waals surface area contributed by atoms with Crippen molar-refractivity contribution in [2.24, 2.45) is 11.8 Å². The number of carbonyl (C=O) groups is 3. The first-order valence-electron chi connectivity index (χ1n) is 11.9. The van der Waals surface area contributed by atoms with E-state index in [0.29, 0.717) is 25.8 Å². The van der Waals surface area contributed by atoms with E-state index in [9.17, 15) is 19.5 Å². The monoisotopic (exact) mass is 462 g/mol. The lowest BCUT2D eigenvalue weighted by Crippen LogP contribution is -2.59. The molecule has 6 atom stereocenters. The Morgan fingerprint density at radius 3 is 2.58 bits per heavy atom. The molecular formula is C25H38N2O6. The molecule has 3 heterocycles. The molecule has 3 saturated heterocycles. The fourth-order valence-corrected chi connectivity index (χ4v) is 5.90. The van der Waals surface area contributed by atoms with Crippen molar-refractivity contribution in [3.05, 3.63) is 25.3 Å². The second kappa shape index (κ2) is 9.58. The highest BCUT2D eigenvalue weighted by Gasteiger charge is 2.78. The number of fused-ring (bicyclic) bond motifs is 1. The minimum absolute atomic E-state index is 0.118. The minimum Gasteiger partial charge on any atom is -0.465 e. The van der Waals surface area contributed by atoms with Gasteiger partial charge in [0.1, 0.15) is 17.6 Å². The Balaban J connectivity index is 2.01. The number of aliphatic hydroxyl groups is 1. The number of amides is 2. The van der Waals surface area contributed by atoms with Gasteiger partial charge >= 0.3 is 5.97 Å². The molecule has 1 spiro atoms. The average molecular weight is 463 g/mol. The van der Waals surface area contributed by atoms with Gasteiger partial charge in [-0.15, -0.1) is 13.2 Å². The molecular weight excluding hydrogens is 424 g/mol. The van der Waals surface area contributed by atoms with Crippen LogP contribution >= 0.6 is 0 Å². The summed E-state index contributed by atoms with van der Waals surface area (Å²) in [7, 11) is 0. The lowest BCUT2D eigenvalue weighted by atomic mass is 9.66. The summed E-state index contributed by atoms with van der Waals surface area (Å²) in [6, 6.07) is -1.63. The molecule has 1 N–H and O–H groups in total. The smallest absolute Gasteiger partial charge is 0.312 e. The summed E-state index contributed by atoms with van der Waals surface area (Å²) in [5.41, 5.74) is -1.99. The van der Waals surface area contributed by atoms with Crippen LogP contribution in [0.25, 0.3) is 0 Å². The second-order valence-electron chi connectivity index (χ2n) is 9.98. The Morgan fingerprint density at radius 2 is 2.00 bits per heavy atom. The quantitative estimate of drug-likeness (QED) is 0.287. The van der Waals surface area contributed by atoms with Crippen molar-refractivity contribution in [2.45, 2.75) is 82.7 Å². The van der Waals surface area contributed by atoms with Gasteiger partial charge in [-0.2, -0.15) is 0 Å². The van der Waals surface area contributed by atoms with Crippen LogP contribution < -0.4 is 0 Å². The summed E-state index contributed by atoms with van der Waals surface area (Å²) in [5, 5.41) is 9.91. The SMILES string of the molecule is C=CCCCOC(=O)[C@@H]1[C@H]2C(=O)N([C@H](C)CO)C(C(=O)N(CC=C)C(C)C)C23CC[C@@]1(C)O3. The fourth-order valence-electron chi connectivity index (χ4n) is 5.90. The number of hydrogen-bond donors (Lipinski definition) is 1. The highest BCUT2D eigenvalue weighted by atomic mass is 16.6. The third-order valence-corrected chi connectivity index (χ3v) is 7.47. The number of aliphatic hydroxyl groups excluding tert-OH is 1. The van der Waals surface area contributed by atoms with Crippen LogP contribution in [0.4, 0.5) is 0 Å². The van der Waals surface area contributed by atoms with Gasteiger partial charge in [0.2, 0.25) is 11.8 Å². The predicted octanol–water partition coefficient (Wildman–Crippen LogP) is 2.06. The van der Waals surface area contributed by atoms with Crippen molar-refractivity contribution >= 4 is 17.8 Å². The van der Waals surface area contributed by atoms with Gasteiger partial charge in [-0.05, 0) is 53.4 Å². The van der Waals surface area contributed by atoms with E-state index >= 15 is 0 Å². The molecule has 0 aromatic carbocycles. The predicted molar refractivity (Wildman–Crippen MR) is 123 cm³/mol. The van der Waals surface area contributed by atoms with Gasteiger partial charge in [0.15, 0.2) is 0 Å². The van der Waals surface area contributed by atoms with Crippen molar-refractivity contribution < 1.29 is 29.0 Å². The van der Waals surface area contributed by atoms with Gasteiger partial charge in [-0.1, -0.05) is 12.2 Å². The van der Waals surface area contributed by atoms with E-state index in [1.54, 1.807) is 24.0 Å². The lowest BCUT2D eigenvalue weighted by Gasteiger charge is -2.39. The maximum absolute atomic E-state index is 13.9. The van der Waals surface area contributed by atoms with Crippen molar-refractivity contribution in [1.82, 2.24) is 9.80 Å². The van der Waals surface area contributed by atoms with E-state index < -0.39 is 41.1 Å². The summed E-state index contributed by atoms with van der Waals surface area (Å²) in [6.07, 6.45) is 5.84. The Labute approximate surface area is 196 Å². The average Bonchev–Trinajstić information content (AvgIpc) is 3.34. The molecule has 3 rings (SSSR count). The van der Waals surface area contributed by atoms with E-state index in [-0.39, 0.29) is 31.1 Å². The molecule has 2 bridgehead atoms. The zero-order valence-electron chi connectivity index (χ0n) is 20.3. The van der Waals surface area contributed by atoms with Crippen molar-refractivity contribution in [2.75, 3.05) is 19.8 Å². The number of esters is 1. The number of nitrogens with zero attached hydrogens (tertiary/aromatic N) is 2. The van der Waals surface area contributed by atoms with E-state index in [0.717, 1.165) is 6.42 Å². The number of hydrogen-bond acceptors (Lipinski definition) is 6. The molecule has 2 amide bonds. The highest BCUT2D eigenvalue weighted by molar-refractivity contribution is 5.98. The fraction of sp³-hybridized carbons (Fsp3) is 0.720. The van der Waals surface area contributed by atoms with Gasteiger partial charge in [0, 0.05) is 12.6 Å². The van der Waals surface area contributed by atoms with Crippen molar-refractivity contribution in [3.63, 3.8) is 0 Å². The molecule has 0 aromatic heterocycles. The molecule has 184 valence electrons. The molecule has 8 nitrogen and oxygen atoms in total. The van der Waals surface area contributed by atoms with E-state index in [1.807, 2.05) is 20.8 Å². The molecule has 0 aliphatic carbocycles. The summed E-state index contributed by atoms with van der Waals surface area (Å²) in [5.74, 6) is -2.64. The largest absolute Gasteiger partial charge is 0.465 e. The summed E-state index contributed by atoms with van der Waals surface area (Å²) >= 11 is 0. The number of unbranched alkanes of at least 4 members (excludes halogenated alkanes) is 1. The van der Waals surface area contributed by atoms with Crippen LogP contribution in [0.2, 0.25) is 0 Å². The van der Waals surface area contributed by atoms with E-state index in [4.69, 9.17) is 9.47 Å². The maximum atomic E-state index is 13.9. The Hall–Kier alpha value is -2.19. The molecule has 3 fully saturated rings. The summed E-state index contributed by atoms with van der Waals surface area (Å²) in [6.45, 7) is 15.1. The number of allylic oxidation sites excluding steroid dienone is 1. The minimum atomic E-state index is -1.12. The van der Waals surface area contributed by atoms with Crippen LogP contribution in [0.15, 0.2) is 25.3 Å². The summed E-state index contributed by atoms with van der Waals surface area (Å²) in [4.78, 5) is 44.0. The van der Waals surface area contributed by atoms with Gasteiger partial charge in [0.05, 0.1) is 30.8 Å². The van der Waals surface area contributed by atoms with Gasteiger partial charge in [-0.25, -0.2) is 0 Å². The van der Waals surface area contributed by atoms with Crippen LogP contribution in [0.3, 0.4) is 0 Å². The van der Waals surface area contributed by atoms with Crippen LogP contribution in [0, 0.1) is 11.8 Å². The Bertz CT molecular complexity index is 813. The first-order valence-corrected chi connectivity index (χ1v) is 11.9. The highest BCUT2D eigenvalue weighted by Crippen LogP contribution is 2.63. The van der Waals surface area contributed by atoms with Crippen LogP contribution in [0.1, 0.15) is 53.4 Å². The van der Waals surface area contributed by atoms with Gasteiger partial charge in [-0.3, -0.25) is 14.4 Å². The molecule has 0 aromatic rings. The normalized spacial score (nSPS) is 33.2. The second-order valence-corrected chi connectivity index (χ2v) is 9.98. The molecule has 0 radical (unpaired) electrons. The van der Waals surface area contributed by atoms with Crippen LogP contribution in [0.5, 0.6) is 0 Å². The van der Waals surface area contributed by atoms with Crippen LogP contribution in [-0.2, 0) is 23.9 Å².